The predicted molar refractivity (Wildman–Crippen MR) is 217 cm³/mol. The molecule has 4 aliphatic rings. The van der Waals surface area contributed by atoms with E-state index in [4.69, 9.17) is 23.7 Å². The number of benzene rings is 4. The third-order valence-electron chi connectivity index (χ3n) is 12.2. The topological polar surface area (TPSA) is 191 Å². The number of likely N-dealkylation sites (tertiary alicyclic amines) is 1. The summed E-state index contributed by atoms with van der Waals surface area (Å²) in [5, 5.41) is 67.7. The van der Waals surface area contributed by atoms with Gasteiger partial charge in [0.2, 0.25) is 0 Å². The fourth-order valence-corrected chi connectivity index (χ4v) is 8.90. The molecule has 0 aromatic heterocycles. The van der Waals surface area contributed by atoms with Gasteiger partial charge in [0, 0.05) is 49.3 Å². The Morgan fingerprint density at radius 1 is 0.650 bits per heavy atom. The predicted octanol–water partition coefficient (Wildman–Crippen LogP) is 3.10. The van der Waals surface area contributed by atoms with Gasteiger partial charge in [-0.15, -0.1) is 0 Å². The number of aliphatic hydroxyl groups excluding tert-OH is 6. The van der Waals surface area contributed by atoms with Crippen LogP contribution in [0.25, 0.3) is 11.1 Å². The number of fused-ring (bicyclic) bond motifs is 3. The normalized spacial score (nSPS) is 26.8. The second-order valence-corrected chi connectivity index (χ2v) is 16.1. The Morgan fingerprint density at radius 2 is 1.08 bits per heavy atom. The highest BCUT2D eigenvalue weighted by atomic mass is 16.7. The minimum absolute atomic E-state index is 0.0856. The number of ether oxygens (including phenoxy) is 5. The van der Waals surface area contributed by atoms with Gasteiger partial charge in [-0.25, -0.2) is 4.79 Å². The molecule has 4 aromatic rings. The fourth-order valence-electron chi connectivity index (χ4n) is 8.90. The molecular weight excluding hydrogens is 773 g/mol. The number of aliphatic hydroxyl groups is 6. The van der Waals surface area contributed by atoms with Crippen LogP contribution in [0.15, 0.2) is 109 Å². The third-order valence-corrected chi connectivity index (χ3v) is 12.2. The monoisotopic (exact) mass is 826 g/mol. The van der Waals surface area contributed by atoms with Gasteiger partial charge in [0.1, 0.15) is 43.2 Å². The van der Waals surface area contributed by atoms with Crippen molar-refractivity contribution in [2.45, 2.75) is 86.2 Å². The number of carbonyl (C=O) groups is 1. The number of nitrogens with zero attached hydrogens (tertiary/aromatic N) is 2. The summed E-state index contributed by atoms with van der Waals surface area (Å²) < 4.78 is 29.3. The summed E-state index contributed by atoms with van der Waals surface area (Å²) in [4.78, 5) is 16.9. The Kier molecular flexibility index (Phi) is 13.6. The van der Waals surface area contributed by atoms with Gasteiger partial charge >= 0.3 is 6.09 Å². The summed E-state index contributed by atoms with van der Waals surface area (Å²) in [6, 6.07) is 34.1. The van der Waals surface area contributed by atoms with Crippen LogP contribution in [0.5, 0.6) is 0 Å². The Labute approximate surface area is 349 Å². The molecule has 14 heteroatoms. The Balaban J connectivity index is 0.935. The van der Waals surface area contributed by atoms with Crippen molar-refractivity contribution in [1.29, 1.82) is 0 Å². The van der Waals surface area contributed by atoms with E-state index in [1.165, 1.54) is 0 Å². The van der Waals surface area contributed by atoms with E-state index in [0.717, 1.165) is 22.3 Å². The first kappa shape index (κ1) is 42.4. The van der Waals surface area contributed by atoms with Crippen LogP contribution < -0.4 is 0 Å². The molecule has 4 aromatic carbocycles. The molecule has 320 valence electrons. The maximum absolute atomic E-state index is 13.5. The zero-order valence-electron chi connectivity index (χ0n) is 33.2. The summed E-state index contributed by atoms with van der Waals surface area (Å²) in [7, 11) is 0. The molecular formula is C46H54N2O12. The van der Waals surface area contributed by atoms with E-state index in [2.05, 4.69) is 24.3 Å². The molecule has 8 rings (SSSR count). The van der Waals surface area contributed by atoms with Crippen LogP contribution in [0.1, 0.15) is 53.6 Å². The molecule has 6 unspecified atom stereocenters. The number of hydrogen-bond acceptors (Lipinski definition) is 13. The van der Waals surface area contributed by atoms with Crippen LogP contribution in [0.2, 0.25) is 0 Å². The van der Waals surface area contributed by atoms with E-state index in [1.807, 2.05) is 60.7 Å². The van der Waals surface area contributed by atoms with Gasteiger partial charge in [0.15, 0.2) is 12.6 Å². The summed E-state index contributed by atoms with van der Waals surface area (Å²) in [5.74, 6) is -0.0856. The van der Waals surface area contributed by atoms with Gasteiger partial charge < -0.3 is 59.2 Å². The van der Waals surface area contributed by atoms with Crippen molar-refractivity contribution >= 4 is 6.09 Å². The molecule has 3 heterocycles. The second kappa shape index (κ2) is 19.2. The van der Waals surface area contributed by atoms with E-state index < -0.39 is 67.5 Å². The van der Waals surface area contributed by atoms with Crippen LogP contribution in [0.3, 0.4) is 0 Å². The minimum atomic E-state index is -1.56. The molecule has 3 saturated heterocycles. The van der Waals surface area contributed by atoms with Crippen molar-refractivity contribution < 1.29 is 59.1 Å². The van der Waals surface area contributed by atoms with E-state index in [1.54, 1.807) is 34.1 Å². The van der Waals surface area contributed by atoms with Gasteiger partial charge in [-0.2, -0.15) is 0 Å². The number of rotatable bonds is 13. The van der Waals surface area contributed by atoms with Gasteiger partial charge in [0.05, 0.1) is 25.4 Å². The van der Waals surface area contributed by atoms with Crippen molar-refractivity contribution in [2.75, 3.05) is 46.0 Å². The molecule has 0 saturated carbocycles. The van der Waals surface area contributed by atoms with E-state index in [-0.39, 0.29) is 44.9 Å². The van der Waals surface area contributed by atoms with Crippen molar-refractivity contribution in [3.8, 4) is 11.1 Å². The standard InChI is InChI=1S/C46H54N2O12/c49-36(40(53)42-38(51)26-56-44(59-42)28-11-3-1-4-12-28)23-48(24-37(50)41(54)43-39(52)27-57-45(60-43)29-13-5-2-6-14-29)30-19-21-47(22-20-30)46(55)58-25-35-33-17-9-7-15-31(33)32-16-8-10-18-34(32)35/h1-18,30,35-45,49-54H,19-27H2/t36?,37?,38-,39-,40?,41?,42-,43-,44?,45?/m1/s1. The fraction of sp³-hybridized carbons (Fsp3) is 0.457. The second-order valence-electron chi connectivity index (χ2n) is 16.1. The number of carbonyl (C=O) groups excluding carboxylic acids is 1. The Hall–Kier alpha value is -4.29. The van der Waals surface area contributed by atoms with Crippen molar-refractivity contribution in [2.24, 2.45) is 0 Å². The van der Waals surface area contributed by atoms with Gasteiger partial charge in [-0.3, -0.25) is 4.90 Å². The molecule has 6 N–H and O–H groups in total. The Morgan fingerprint density at radius 3 is 1.55 bits per heavy atom. The number of amides is 1. The van der Waals surface area contributed by atoms with Crippen molar-refractivity contribution in [3.05, 3.63) is 131 Å². The summed E-state index contributed by atoms with van der Waals surface area (Å²) in [6.07, 6.45) is -12.3. The van der Waals surface area contributed by atoms with E-state index >= 15 is 0 Å². The highest BCUT2D eigenvalue weighted by molar-refractivity contribution is 5.79. The summed E-state index contributed by atoms with van der Waals surface area (Å²) in [6.45, 7) is 0.181. The maximum atomic E-state index is 13.5. The van der Waals surface area contributed by atoms with Crippen molar-refractivity contribution in [3.63, 3.8) is 0 Å². The zero-order valence-corrected chi connectivity index (χ0v) is 33.2. The smallest absolute Gasteiger partial charge is 0.409 e. The first-order valence-electron chi connectivity index (χ1n) is 20.7. The average molecular weight is 827 g/mol. The molecule has 60 heavy (non-hydrogen) atoms. The molecule has 1 aliphatic carbocycles. The van der Waals surface area contributed by atoms with Gasteiger partial charge in [0.25, 0.3) is 0 Å². The van der Waals surface area contributed by atoms with Crippen molar-refractivity contribution in [1.82, 2.24) is 9.80 Å². The van der Waals surface area contributed by atoms with Crippen LogP contribution in [0, 0.1) is 0 Å². The lowest BCUT2D eigenvalue weighted by Crippen LogP contribution is -2.58. The first-order valence-corrected chi connectivity index (χ1v) is 20.7. The molecule has 3 aliphatic heterocycles. The van der Waals surface area contributed by atoms with Crippen LogP contribution >= 0.6 is 0 Å². The highest BCUT2D eigenvalue weighted by Gasteiger charge is 2.43. The quantitative estimate of drug-likeness (QED) is 0.116. The lowest BCUT2D eigenvalue weighted by atomic mass is 9.96. The van der Waals surface area contributed by atoms with Crippen LogP contribution in [0.4, 0.5) is 4.79 Å². The van der Waals surface area contributed by atoms with Crippen LogP contribution in [-0.4, -0.2) is 147 Å². The number of piperidine rings is 1. The van der Waals surface area contributed by atoms with Gasteiger partial charge in [-0.05, 0) is 35.1 Å². The molecule has 0 bridgehead atoms. The van der Waals surface area contributed by atoms with Gasteiger partial charge in [-0.1, -0.05) is 109 Å². The summed E-state index contributed by atoms with van der Waals surface area (Å²) in [5.41, 5.74) is 5.88. The molecule has 1 amide bonds. The average Bonchev–Trinajstić information content (AvgIpc) is 3.61. The summed E-state index contributed by atoms with van der Waals surface area (Å²) >= 11 is 0. The SMILES string of the molecule is O=C(OCC1c2ccccc2-c2ccccc21)N1CCC(N(CC(O)C(O)[C@@H]2OC(c3ccccc3)OC[C@H]2O)CC(O)C(O)[C@@H]2OC(c3ccccc3)OC[C@H]2O)CC1. The largest absolute Gasteiger partial charge is 0.448 e. The Bertz CT molecular complexity index is 1880. The van der Waals surface area contributed by atoms with E-state index in [0.29, 0.717) is 37.1 Å². The third kappa shape index (κ3) is 9.29. The molecule has 10 atom stereocenters. The molecule has 0 radical (unpaired) electrons. The zero-order chi connectivity index (χ0) is 41.8. The first-order chi connectivity index (χ1) is 29.2. The van der Waals surface area contributed by atoms with Crippen LogP contribution in [-0.2, 0) is 23.7 Å². The highest BCUT2D eigenvalue weighted by Crippen LogP contribution is 2.44. The molecule has 3 fully saturated rings. The lowest BCUT2D eigenvalue weighted by Gasteiger charge is -2.43. The number of hydrogen-bond donors (Lipinski definition) is 6. The van der Waals surface area contributed by atoms with E-state index in [9.17, 15) is 35.4 Å². The molecule has 0 spiro atoms. The lowest BCUT2D eigenvalue weighted by molar-refractivity contribution is -0.285. The minimum Gasteiger partial charge on any atom is -0.448 e. The molecule has 14 nitrogen and oxygen atoms in total. The maximum Gasteiger partial charge on any atom is 0.409 e.